The van der Waals surface area contributed by atoms with Gasteiger partial charge in [0.15, 0.2) is 0 Å². The Balaban J connectivity index is 2.36. The van der Waals surface area contributed by atoms with Crippen LogP contribution in [-0.4, -0.2) is 48.4 Å². The van der Waals surface area contributed by atoms with Crippen LogP contribution in [0, 0.1) is 5.41 Å². The van der Waals surface area contributed by atoms with Crippen LogP contribution in [0.15, 0.2) is 0 Å². The monoisotopic (exact) mass is 211 g/mol. The van der Waals surface area contributed by atoms with Crippen LogP contribution in [0.25, 0.3) is 0 Å². The van der Waals surface area contributed by atoms with Gasteiger partial charge in [-0.1, -0.05) is 13.8 Å². The van der Waals surface area contributed by atoms with Crippen LogP contribution < -0.4 is 0 Å². The lowest BCUT2D eigenvalue weighted by Gasteiger charge is -2.29. The van der Waals surface area contributed by atoms with E-state index in [1.807, 2.05) is 0 Å². The molecular formula is C12H25N3. The van der Waals surface area contributed by atoms with Crippen LogP contribution in [0.1, 0.15) is 39.5 Å². The number of amidine groups is 1. The van der Waals surface area contributed by atoms with Gasteiger partial charge in [-0.25, -0.2) is 0 Å². The second-order valence-electron chi connectivity index (χ2n) is 4.50. The zero-order valence-corrected chi connectivity index (χ0v) is 10.4. The van der Waals surface area contributed by atoms with Gasteiger partial charge in [-0.3, -0.25) is 10.3 Å². The molecule has 0 aromatic heterocycles. The van der Waals surface area contributed by atoms with Crippen molar-refractivity contribution >= 4 is 5.84 Å². The lowest BCUT2D eigenvalue weighted by molar-refractivity contribution is 0.233. The molecule has 1 N–H and O–H groups in total. The molecule has 1 saturated heterocycles. The van der Waals surface area contributed by atoms with Crippen LogP contribution in [0.2, 0.25) is 0 Å². The number of hydrogen-bond acceptors (Lipinski definition) is 2. The van der Waals surface area contributed by atoms with Gasteiger partial charge >= 0.3 is 0 Å². The molecular weight excluding hydrogens is 186 g/mol. The molecule has 1 unspecified atom stereocenters. The SMILES string of the molecule is CCCC(=N)N(C)CC1CCCN1CC. The Bertz CT molecular complexity index is 203. The Kier molecular flexibility index (Phi) is 5.09. The van der Waals surface area contributed by atoms with Crippen molar-refractivity contribution in [1.82, 2.24) is 9.80 Å². The van der Waals surface area contributed by atoms with Crippen molar-refractivity contribution in [3.05, 3.63) is 0 Å². The average Bonchev–Trinajstić information content (AvgIpc) is 2.65. The van der Waals surface area contributed by atoms with Gasteiger partial charge in [0, 0.05) is 26.1 Å². The average molecular weight is 211 g/mol. The summed E-state index contributed by atoms with van der Waals surface area (Å²) in [6.07, 6.45) is 4.62. The first-order chi connectivity index (χ1) is 7.19. The first-order valence-electron chi connectivity index (χ1n) is 6.21. The summed E-state index contributed by atoms with van der Waals surface area (Å²) in [5, 5.41) is 7.89. The Morgan fingerprint density at radius 3 is 2.80 bits per heavy atom. The van der Waals surface area contributed by atoms with Gasteiger partial charge < -0.3 is 4.90 Å². The molecule has 3 nitrogen and oxygen atoms in total. The van der Waals surface area contributed by atoms with Crippen molar-refractivity contribution in [3.63, 3.8) is 0 Å². The molecule has 1 fully saturated rings. The molecule has 0 aliphatic carbocycles. The third-order valence-corrected chi connectivity index (χ3v) is 3.34. The summed E-state index contributed by atoms with van der Waals surface area (Å²) in [5.74, 6) is 0.792. The number of nitrogens with zero attached hydrogens (tertiary/aromatic N) is 2. The maximum absolute atomic E-state index is 7.89. The molecule has 88 valence electrons. The highest BCUT2D eigenvalue weighted by Gasteiger charge is 2.24. The van der Waals surface area contributed by atoms with E-state index < -0.39 is 0 Å². The molecule has 0 saturated carbocycles. The Labute approximate surface area is 94.0 Å². The molecule has 1 rings (SSSR count). The minimum absolute atomic E-state index is 0.678. The highest BCUT2D eigenvalue weighted by molar-refractivity contribution is 5.78. The van der Waals surface area contributed by atoms with E-state index >= 15 is 0 Å². The fraction of sp³-hybridized carbons (Fsp3) is 0.917. The predicted molar refractivity (Wildman–Crippen MR) is 65.5 cm³/mol. The first-order valence-corrected chi connectivity index (χ1v) is 6.21. The van der Waals surface area contributed by atoms with E-state index in [9.17, 15) is 0 Å². The Morgan fingerprint density at radius 2 is 2.20 bits per heavy atom. The molecule has 1 aliphatic rings. The summed E-state index contributed by atoms with van der Waals surface area (Å²) in [6.45, 7) is 7.80. The fourth-order valence-electron chi connectivity index (χ4n) is 2.37. The predicted octanol–water partition coefficient (Wildman–Crippen LogP) is 2.18. The Morgan fingerprint density at radius 1 is 1.47 bits per heavy atom. The van der Waals surface area contributed by atoms with Crippen molar-refractivity contribution in [3.8, 4) is 0 Å². The van der Waals surface area contributed by atoms with E-state index in [1.54, 1.807) is 0 Å². The summed E-state index contributed by atoms with van der Waals surface area (Å²) >= 11 is 0. The molecule has 1 heterocycles. The van der Waals surface area contributed by atoms with Gasteiger partial charge in [0.2, 0.25) is 0 Å². The Hall–Kier alpha value is -0.570. The third-order valence-electron chi connectivity index (χ3n) is 3.34. The molecule has 1 atom stereocenters. The number of nitrogens with one attached hydrogen (secondary N) is 1. The largest absolute Gasteiger partial charge is 0.362 e. The zero-order valence-electron chi connectivity index (χ0n) is 10.4. The molecule has 3 heteroatoms. The van der Waals surface area contributed by atoms with Crippen LogP contribution in [0.5, 0.6) is 0 Å². The summed E-state index contributed by atoms with van der Waals surface area (Å²) < 4.78 is 0. The maximum Gasteiger partial charge on any atom is 0.0955 e. The summed E-state index contributed by atoms with van der Waals surface area (Å²) in [7, 11) is 2.06. The van der Waals surface area contributed by atoms with Crippen LogP contribution >= 0.6 is 0 Å². The van der Waals surface area contributed by atoms with Gasteiger partial charge in [0.05, 0.1) is 5.84 Å². The van der Waals surface area contributed by atoms with Gasteiger partial charge in [-0.2, -0.15) is 0 Å². The van der Waals surface area contributed by atoms with Crippen molar-refractivity contribution in [2.75, 3.05) is 26.7 Å². The van der Waals surface area contributed by atoms with Gasteiger partial charge in [-0.15, -0.1) is 0 Å². The smallest absolute Gasteiger partial charge is 0.0955 e. The zero-order chi connectivity index (χ0) is 11.3. The molecule has 0 spiro atoms. The summed E-state index contributed by atoms with van der Waals surface area (Å²) in [6, 6.07) is 0.678. The lowest BCUT2D eigenvalue weighted by Crippen LogP contribution is -2.40. The number of likely N-dealkylation sites (tertiary alicyclic amines) is 1. The van der Waals surface area contributed by atoms with E-state index in [2.05, 4.69) is 30.7 Å². The molecule has 0 radical (unpaired) electrons. The normalized spacial score (nSPS) is 21.9. The van der Waals surface area contributed by atoms with E-state index in [0.717, 1.165) is 31.8 Å². The highest BCUT2D eigenvalue weighted by atomic mass is 15.2. The van der Waals surface area contributed by atoms with E-state index in [-0.39, 0.29) is 0 Å². The fourth-order valence-corrected chi connectivity index (χ4v) is 2.37. The maximum atomic E-state index is 7.89. The number of likely N-dealkylation sites (N-methyl/N-ethyl adjacent to an activating group) is 2. The summed E-state index contributed by atoms with van der Waals surface area (Å²) in [5.41, 5.74) is 0. The molecule has 1 aliphatic heterocycles. The molecule has 0 aromatic rings. The van der Waals surface area contributed by atoms with Crippen molar-refractivity contribution in [1.29, 1.82) is 5.41 Å². The van der Waals surface area contributed by atoms with E-state index in [4.69, 9.17) is 5.41 Å². The first kappa shape index (κ1) is 12.5. The summed E-state index contributed by atoms with van der Waals surface area (Å²) in [4.78, 5) is 4.66. The molecule has 15 heavy (non-hydrogen) atoms. The minimum atomic E-state index is 0.678. The van der Waals surface area contributed by atoms with Crippen LogP contribution in [0.3, 0.4) is 0 Å². The van der Waals surface area contributed by atoms with Crippen LogP contribution in [0.4, 0.5) is 0 Å². The van der Waals surface area contributed by atoms with Crippen molar-refractivity contribution in [2.24, 2.45) is 0 Å². The number of rotatable bonds is 5. The van der Waals surface area contributed by atoms with Crippen molar-refractivity contribution in [2.45, 2.75) is 45.6 Å². The van der Waals surface area contributed by atoms with E-state index in [0.29, 0.717) is 6.04 Å². The lowest BCUT2D eigenvalue weighted by atomic mass is 10.2. The topological polar surface area (TPSA) is 30.3 Å². The number of hydrogen-bond donors (Lipinski definition) is 1. The minimum Gasteiger partial charge on any atom is -0.362 e. The second-order valence-corrected chi connectivity index (χ2v) is 4.50. The molecule has 0 bridgehead atoms. The van der Waals surface area contributed by atoms with Gasteiger partial charge in [0.25, 0.3) is 0 Å². The standard InChI is InChI=1S/C12H25N3/c1-4-7-12(13)14(3)10-11-8-6-9-15(11)5-2/h11,13H,4-10H2,1-3H3. The van der Waals surface area contributed by atoms with Gasteiger partial charge in [-0.05, 0) is 32.4 Å². The van der Waals surface area contributed by atoms with Crippen LogP contribution in [-0.2, 0) is 0 Å². The highest BCUT2D eigenvalue weighted by Crippen LogP contribution is 2.17. The van der Waals surface area contributed by atoms with Gasteiger partial charge in [0.1, 0.15) is 0 Å². The molecule has 0 amide bonds. The van der Waals surface area contributed by atoms with E-state index in [1.165, 1.54) is 19.4 Å². The quantitative estimate of drug-likeness (QED) is 0.558. The third kappa shape index (κ3) is 3.49. The molecule has 0 aromatic carbocycles. The van der Waals surface area contributed by atoms with Crippen molar-refractivity contribution < 1.29 is 0 Å². The second kappa shape index (κ2) is 6.11.